The topological polar surface area (TPSA) is 81.8 Å². The van der Waals surface area contributed by atoms with Crippen LogP contribution in [0.5, 0.6) is 0 Å². The van der Waals surface area contributed by atoms with Crippen LogP contribution in [0.3, 0.4) is 0 Å². The van der Waals surface area contributed by atoms with Gasteiger partial charge in [-0.05, 0) is 49.1 Å². The van der Waals surface area contributed by atoms with Crippen LogP contribution in [-0.2, 0) is 19.5 Å². The molecule has 0 unspecified atom stereocenters. The SMILES string of the molecule is Cc1ccc(-c2nnc3n2CCCCC3)cc1NC(=O)c1cccn(Cc2ccccc2)c1=O. The van der Waals surface area contributed by atoms with Crippen LogP contribution in [-0.4, -0.2) is 25.2 Å². The number of nitrogens with zero attached hydrogens (tertiary/aromatic N) is 4. The van der Waals surface area contributed by atoms with Crippen LogP contribution in [0.1, 0.15) is 46.6 Å². The number of aryl methyl sites for hydroxylation is 2. The second kappa shape index (κ2) is 9.47. The molecule has 0 aliphatic carbocycles. The van der Waals surface area contributed by atoms with Gasteiger partial charge in [0.2, 0.25) is 0 Å². The first-order valence-corrected chi connectivity index (χ1v) is 11.7. The largest absolute Gasteiger partial charge is 0.322 e. The van der Waals surface area contributed by atoms with Gasteiger partial charge >= 0.3 is 0 Å². The number of pyridine rings is 1. The van der Waals surface area contributed by atoms with Crippen molar-refractivity contribution >= 4 is 11.6 Å². The van der Waals surface area contributed by atoms with E-state index in [2.05, 4.69) is 20.1 Å². The lowest BCUT2D eigenvalue weighted by molar-refractivity contribution is 0.102. The molecular formula is C27H27N5O2. The van der Waals surface area contributed by atoms with Crippen molar-refractivity contribution in [2.75, 3.05) is 5.32 Å². The van der Waals surface area contributed by atoms with Gasteiger partial charge in [-0.1, -0.05) is 48.9 Å². The van der Waals surface area contributed by atoms with E-state index in [1.807, 2.05) is 55.5 Å². The van der Waals surface area contributed by atoms with Crippen molar-refractivity contribution in [1.82, 2.24) is 19.3 Å². The highest BCUT2D eigenvalue weighted by Crippen LogP contribution is 2.27. The molecule has 0 saturated heterocycles. The lowest BCUT2D eigenvalue weighted by Crippen LogP contribution is -2.29. The van der Waals surface area contributed by atoms with Crippen molar-refractivity contribution in [1.29, 1.82) is 0 Å². The number of carbonyl (C=O) groups excluding carboxylic acids is 1. The number of aromatic nitrogens is 4. The molecule has 0 radical (unpaired) electrons. The highest BCUT2D eigenvalue weighted by molar-refractivity contribution is 6.04. The Morgan fingerprint density at radius 3 is 2.71 bits per heavy atom. The Bertz CT molecular complexity index is 1390. The molecule has 3 heterocycles. The molecule has 1 amide bonds. The van der Waals surface area contributed by atoms with E-state index in [9.17, 15) is 9.59 Å². The van der Waals surface area contributed by atoms with E-state index in [0.29, 0.717) is 12.2 Å². The lowest BCUT2D eigenvalue weighted by Gasteiger charge is -2.13. The van der Waals surface area contributed by atoms with Gasteiger partial charge in [0.1, 0.15) is 11.4 Å². The summed E-state index contributed by atoms with van der Waals surface area (Å²) in [4.78, 5) is 26.1. The molecule has 7 nitrogen and oxygen atoms in total. The molecule has 0 fully saturated rings. The fourth-order valence-electron chi connectivity index (χ4n) is 4.40. The van der Waals surface area contributed by atoms with Crippen LogP contribution in [0.15, 0.2) is 71.7 Å². The smallest absolute Gasteiger partial charge is 0.263 e. The standard InChI is InChI=1S/C27H27N5O2/c1-19-13-14-21(25-30-29-24-12-6-3-7-16-32(24)25)17-23(19)28-26(33)22-11-8-15-31(27(22)34)18-20-9-4-2-5-10-20/h2,4-5,8-11,13-15,17H,3,6-7,12,16,18H2,1H3,(H,28,33). The Hall–Kier alpha value is -4.00. The minimum absolute atomic E-state index is 0.111. The van der Waals surface area contributed by atoms with Crippen molar-refractivity contribution < 1.29 is 4.79 Å². The van der Waals surface area contributed by atoms with Crippen molar-refractivity contribution in [2.45, 2.75) is 45.7 Å². The monoisotopic (exact) mass is 453 g/mol. The maximum atomic E-state index is 13.1. The quantitative estimate of drug-likeness (QED) is 0.484. The second-order valence-electron chi connectivity index (χ2n) is 8.73. The number of hydrogen-bond acceptors (Lipinski definition) is 4. The normalized spacial score (nSPS) is 13.2. The number of nitrogens with one attached hydrogen (secondary N) is 1. The Morgan fingerprint density at radius 1 is 1.00 bits per heavy atom. The maximum absolute atomic E-state index is 13.1. The molecule has 2 aromatic carbocycles. The summed E-state index contributed by atoms with van der Waals surface area (Å²) in [5.74, 6) is 1.41. The molecule has 0 spiro atoms. The Labute approximate surface area is 198 Å². The summed E-state index contributed by atoms with van der Waals surface area (Å²) in [6, 6.07) is 18.9. The van der Waals surface area contributed by atoms with E-state index >= 15 is 0 Å². The number of rotatable bonds is 5. The summed E-state index contributed by atoms with van der Waals surface area (Å²) in [7, 11) is 0. The van der Waals surface area contributed by atoms with Crippen molar-refractivity contribution in [3.63, 3.8) is 0 Å². The molecule has 1 N–H and O–H groups in total. The first-order valence-electron chi connectivity index (χ1n) is 11.7. The van der Waals surface area contributed by atoms with Crippen molar-refractivity contribution in [3.8, 4) is 11.4 Å². The Balaban J connectivity index is 1.41. The first kappa shape index (κ1) is 21.8. The van der Waals surface area contributed by atoms with Crippen LogP contribution < -0.4 is 10.9 Å². The minimum Gasteiger partial charge on any atom is -0.322 e. The Kier molecular flexibility index (Phi) is 6.08. The summed E-state index contributed by atoms with van der Waals surface area (Å²) in [5.41, 5.74) is 3.26. The number of carbonyl (C=O) groups is 1. The van der Waals surface area contributed by atoms with Crippen LogP contribution in [0.2, 0.25) is 0 Å². The Morgan fingerprint density at radius 2 is 1.85 bits per heavy atom. The zero-order valence-corrected chi connectivity index (χ0v) is 19.2. The number of amides is 1. The zero-order valence-electron chi connectivity index (χ0n) is 19.2. The molecule has 1 aliphatic rings. The summed E-state index contributed by atoms with van der Waals surface area (Å²) >= 11 is 0. The molecule has 4 aromatic rings. The lowest BCUT2D eigenvalue weighted by atomic mass is 10.1. The predicted molar refractivity (Wildman–Crippen MR) is 132 cm³/mol. The first-order chi connectivity index (χ1) is 16.6. The summed E-state index contributed by atoms with van der Waals surface area (Å²) in [5, 5.41) is 11.8. The summed E-state index contributed by atoms with van der Waals surface area (Å²) in [6.45, 7) is 3.24. The average molecular weight is 454 g/mol. The molecule has 5 rings (SSSR count). The highest BCUT2D eigenvalue weighted by atomic mass is 16.2. The predicted octanol–water partition coefficient (Wildman–Crippen LogP) is 4.44. The molecule has 2 aromatic heterocycles. The fourth-order valence-corrected chi connectivity index (χ4v) is 4.40. The van der Waals surface area contributed by atoms with E-state index in [1.165, 1.54) is 6.42 Å². The maximum Gasteiger partial charge on any atom is 0.263 e. The highest BCUT2D eigenvalue weighted by Gasteiger charge is 2.18. The fraction of sp³-hybridized carbons (Fsp3) is 0.259. The van der Waals surface area contributed by atoms with E-state index in [-0.39, 0.29) is 11.1 Å². The molecule has 0 bridgehead atoms. The van der Waals surface area contributed by atoms with Gasteiger partial charge in [-0.25, -0.2) is 0 Å². The average Bonchev–Trinajstić information content (AvgIpc) is 3.10. The second-order valence-corrected chi connectivity index (χ2v) is 8.73. The molecule has 7 heteroatoms. The number of hydrogen-bond donors (Lipinski definition) is 1. The van der Waals surface area contributed by atoms with E-state index in [1.54, 1.807) is 22.9 Å². The van der Waals surface area contributed by atoms with Crippen LogP contribution in [0.4, 0.5) is 5.69 Å². The molecule has 172 valence electrons. The molecule has 1 aliphatic heterocycles. The molecular weight excluding hydrogens is 426 g/mol. The number of benzene rings is 2. The van der Waals surface area contributed by atoms with Gasteiger partial charge in [0, 0.05) is 30.4 Å². The van der Waals surface area contributed by atoms with Gasteiger partial charge < -0.3 is 14.5 Å². The third kappa shape index (κ3) is 4.41. The van der Waals surface area contributed by atoms with Gasteiger partial charge in [0.25, 0.3) is 11.5 Å². The van der Waals surface area contributed by atoms with Gasteiger partial charge in [-0.3, -0.25) is 9.59 Å². The summed E-state index contributed by atoms with van der Waals surface area (Å²) < 4.78 is 3.74. The number of fused-ring (bicyclic) bond motifs is 1. The van der Waals surface area contributed by atoms with E-state index < -0.39 is 5.91 Å². The van der Waals surface area contributed by atoms with Gasteiger partial charge in [-0.15, -0.1) is 10.2 Å². The van der Waals surface area contributed by atoms with Gasteiger partial charge in [0.05, 0.1) is 6.54 Å². The summed E-state index contributed by atoms with van der Waals surface area (Å²) in [6.07, 6.45) is 6.07. The van der Waals surface area contributed by atoms with E-state index in [4.69, 9.17) is 0 Å². The minimum atomic E-state index is -0.423. The van der Waals surface area contributed by atoms with Crippen LogP contribution >= 0.6 is 0 Å². The van der Waals surface area contributed by atoms with Crippen molar-refractivity contribution in [3.05, 3.63) is 99.7 Å². The third-order valence-electron chi connectivity index (χ3n) is 6.31. The molecule has 0 atom stereocenters. The van der Waals surface area contributed by atoms with E-state index in [0.717, 1.165) is 54.1 Å². The molecule has 34 heavy (non-hydrogen) atoms. The zero-order chi connectivity index (χ0) is 23.5. The van der Waals surface area contributed by atoms with Crippen molar-refractivity contribution in [2.24, 2.45) is 0 Å². The molecule has 0 saturated carbocycles. The van der Waals surface area contributed by atoms with Gasteiger partial charge in [0.15, 0.2) is 5.82 Å². The third-order valence-corrected chi connectivity index (χ3v) is 6.31. The van der Waals surface area contributed by atoms with Crippen LogP contribution in [0, 0.1) is 6.92 Å². The number of anilines is 1. The van der Waals surface area contributed by atoms with Gasteiger partial charge in [-0.2, -0.15) is 0 Å². The van der Waals surface area contributed by atoms with Crippen LogP contribution in [0.25, 0.3) is 11.4 Å².